The number of aryl methyl sites for hydroxylation is 2. The molecule has 6 aromatic carbocycles. The van der Waals surface area contributed by atoms with Crippen molar-refractivity contribution < 1.29 is 47.3 Å². The van der Waals surface area contributed by atoms with Crippen molar-refractivity contribution in [3.63, 3.8) is 0 Å². The molecule has 11 nitrogen and oxygen atoms in total. The normalized spacial score (nSPS) is 11.6. The number of fused-ring (bicyclic) bond motifs is 2. The minimum Gasteiger partial charge on any atom is -0.493 e. The number of carboxylic acid groups (broad SMARTS) is 2. The Morgan fingerprint density at radius 1 is 0.667 bits per heavy atom. The van der Waals surface area contributed by atoms with Crippen molar-refractivity contribution >= 4 is 57.6 Å². The summed E-state index contributed by atoms with van der Waals surface area (Å²) in [5, 5.41) is 28.2. The smallest absolute Gasteiger partial charge is 0.336 e. The fourth-order valence-electron chi connectivity index (χ4n) is 6.80. The minimum atomic E-state index is -1.32. The number of carbonyl (C=O) groups excluding carboxylic acids is 2. The van der Waals surface area contributed by atoms with Crippen molar-refractivity contribution in [1.82, 2.24) is 9.78 Å². The third-order valence-electron chi connectivity index (χ3n) is 9.76. The number of ether oxygens (including phenoxy) is 1. The Labute approximate surface area is 344 Å². The highest BCUT2D eigenvalue weighted by atomic mass is 35.5. The van der Waals surface area contributed by atoms with E-state index in [4.69, 9.17) is 16.3 Å². The van der Waals surface area contributed by atoms with E-state index in [0.29, 0.717) is 23.3 Å². The SMILES string of the molecule is Cc1nn(C)c2ccc(-c3cc(F)c(NC(=O)c4ccccc4C(=O)O)c(F)c3)cc12.O=C(O)c1ccccc1C(=O)Nc1c(F)cc(-c2ccc3c(c2)CCO3)cc1Cl. The first-order valence-electron chi connectivity index (χ1n) is 18.2. The van der Waals surface area contributed by atoms with Crippen molar-refractivity contribution in [3.05, 3.63) is 165 Å². The number of aromatic nitrogens is 2. The molecule has 0 unspecified atom stereocenters. The quantitative estimate of drug-likeness (QED) is 0.118. The van der Waals surface area contributed by atoms with Gasteiger partial charge in [0.1, 0.15) is 28.9 Å². The number of aromatic carboxylic acids is 2. The highest BCUT2D eigenvalue weighted by molar-refractivity contribution is 6.34. The maximum Gasteiger partial charge on any atom is 0.336 e. The van der Waals surface area contributed by atoms with Crippen LogP contribution in [0.2, 0.25) is 5.02 Å². The van der Waals surface area contributed by atoms with Gasteiger partial charge in [-0.1, -0.05) is 48.0 Å². The van der Waals surface area contributed by atoms with E-state index in [1.807, 2.05) is 38.2 Å². The van der Waals surface area contributed by atoms with Crippen molar-refractivity contribution in [2.75, 3.05) is 17.2 Å². The van der Waals surface area contributed by atoms with E-state index in [-0.39, 0.29) is 33.0 Å². The number of halogens is 4. The molecule has 0 radical (unpaired) electrons. The number of nitrogens with one attached hydrogen (secondary N) is 2. The second-order valence-corrected chi connectivity index (χ2v) is 14.0. The van der Waals surface area contributed by atoms with Crippen LogP contribution in [0.15, 0.2) is 109 Å². The largest absolute Gasteiger partial charge is 0.493 e. The van der Waals surface area contributed by atoms with Crippen LogP contribution in [-0.2, 0) is 13.5 Å². The summed E-state index contributed by atoms with van der Waals surface area (Å²) in [6, 6.07) is 27.1. The van der Waals surface area contributed by atoms with Gasteiger partial charge in [-0.15, -0.1) is 0 Å². The number of hydrogen-bond donors (Lipinski definition) is 4. The molecular weight excluding hydrogens is 801 g/mol. The Hall–Kier alpha value is -7.45. The molecule has 0 spiro atoms. The Balaban J connectivity index is 0.000000182. The third kappa shape index (κ3) is 8.26. The molecule has 0 bridgehead atoms. The topological polar surface area (TPSA) is 160 Å². The van der Waals surface area contributed by atoms with E-state index in [0.717, 1.165) is 52.0 Å². The maximum atomic E-state index is 14.8. The van der Waals surface area contributed by atoms with Gasteiger partial charge in [-0.3, -0.25) is 14.3 Å². The number of nitrogens with zero attached hydrogens (tertiary/aromatic N) is 2. The first-order chi connectivity index (χ1) is 28.7. The zero-order valence-corrected chi connectivity index (χ0v) is 32.4. The number of carbonyl (C=O) groups is 4. The summed E-state index contributed by atoms with van der Waals surface area (Å²) in [6.07, 6.45) is 0.788. The second kappa shape index (κ2) is 16.8. The molecule has 15 heteroatoms. The lowest BCUT2D eigenvalue weighted by molar-refractivity contribution is 0.0683. The monoisotopic (exact) mass is 832 g/mol. The second-order valence-electron chi connectivity index (χ2n) is 13.6. The number of carboxylic acids is 2. The zero-order chi connectivity index (χ0) is 42.8. The lowest BCUT2D eigenvalue weighted by Crippen LogP contribution is -2.18. The Morgan fingerprint density at radius 3 is 1.73 bits per heavy atom. The molecule has 60 heavy (non-hydrogen) atoms. The molecule has 302 valence electrons. The summed E-state index contributed by atoms with van der Waals surface area (Å²) in [5.74, 6) is -6.09. The summed E-state index contributed by atoms with van der Waals surface area (Å²) in [5.41, 5.74) is 3.38. The standard InChI is InChI=1S/C23H17F2N3O3.C22H15ClFNO4/c1-12-17-9-13(7-8-20(17)28(2)27-12)14-10-18(24)21(19(25)11-14)26-22(29)15-5-3-4-6-16(15)23(30)31;23-17-10-14(12-5-6-19-13(9-12)7-8-29-19)11-18(24)20(17)25-21(26)15-3-1-2-4-16(15)22(27)28/h3-11H,1-2H3,(H,26,29)(H,30,31);1-6,9-11H,7-8H2,(H,25,26)(H,27,28). The van der Waals surface area contributed by atoms with Crippen molar-refractivity contribution in [1.29, 1.82) is 0 Å². The molecule has 8 rings (SSSR count). The summed E-state index contributed by atoms with van der Waals surface area (Å²) < 4.78 is 51.5. The van der Waals surface area contributed by atoms with Gasteiger partial charge in [0.15, 0.2) is 0 Å². The molecule has 0 atom stereocenters. The summed E-state index contributed by atoms with van der Waals surface area (Å²) >= 11 is 6.24. The van der Waals surface area contributed by atoms with Crippen molar-refractivity contribution in [3.8, 4) is 28.0 Å². The molecule has 0 saturated carbocycles. The van der Waals surface area contributed by atoms with Gasteiger partial charge in [0.05, 0.1) is 50.8 Å². The molecule has 1 aliphatic heterocycles. The Bertz CT molecular complexity index is 2850. The van der Waals surface area contributed by atoms with Crippen LogP contribution < -0.4 is 15.4 Å². The number of benzene rings is 6. The van der Waals surface area contributed by atoms with Gasteiger partial charge in [-0.2, -0.15) is 5.10 Å². The summed E-state index contributed by atoms with van der Waals surface area (Å²) in [4.78, 5) is 47.6. The number of rotatable bonds is 8. The van der Waals surface area contributed by atoms with Crippen LogP contribution in [0.4, 0.5) is 24.5 Å². The van der Waals surface area contributed by atoms with Crippen molar-refractivity contribution in [2.45, 2.75) is 13.3 Å². The molecule has 0 fully saturated rings. The fourth-order valence-corrected chi connectivity index (χ4v) is 7.06. The number of hydrogen-bond acceptors (Lipinski definition) is 6. The van der Waals surface area contributed by atoms with E-state index in [1.165, 1.54) is 54.6 Å². The van der Waals surface area contributed by atoms with Gasteiger partial charge >= 0.3 is 11.9 Å². The van der Waals surface area contributed by atoms with Gasteiger partial charge in [0.2, 0.25) is 0 Å². The van der Waals surface area contributed by atoms with Gasteiger partial charge in [-0.05, 0) is 108 Å². The predicted octanol–water partition coefficient (Wildman–Crippen LogP) is 9.81. The lowest BCUT2D eigenvalue weighted by Gasteiger charge is -2.12. The molecule has 7 aromatic rings. The Kier molecular flexibility index (Phi) is 11.4. The molecule has 1 aliphatic rings. The van der Waals surface area contributed by atoms with E-state index in [9.17, 15) is 42.6 Å². The van der Waals surface area contributed by atoms with Crippen LogP contribution in [0, 0.1) is 24.4 Å². The minimum absolute atomic E-state index is 0.0119. The highest BCUT2D eigenvalue weighted by Gasteiger charge is 2.22. The van der Waals surface area contributed by atoms with Crippen LogP contribution in [-0.4, -0.2) is 50.4 Å². The summed E-state index contributed by atoms with van der Waals surface area (Å²) in [7, 11) is 1.81. The van der Waals surface area contributed by atoms with Gasteiger partial charge in [0, 0.05) is 18.9 Å². The van der Waals surface area contributed by atoms with Crippen LogP contribution >= 0.6 is 11.6 Å². The lowest BCUT2D eigenvalue weighted by atomic mass is 10.0. The Morgan fingerprint density at radius 2 is 1.17 bits per heavy atom. The van der Waals surface area contributed by atoms with E-state index in [1.54, 1.807) is 22.9 Å². The van der Waals surface area contributed by atoms with Crippen LogP contribution in [0.25, 0.3) is 33.2 Å². The first-order valence-corrected chi connectivity index (χ1v) is 18.5. The van der Waals surface area contributed by atoms with Gasteiger partial charge in [0.25, 0.3) is 11.8 Å². The molecule has 2 amide bonds. The van der Waals surface area contributed by atoms with Gasteiger partial charge < -0.3 is 25.6 Å². The summed E-state index contributed by atoms with van der Waals surface area (Å²) in [6.45, 7) is 2.47. The third-order valence-corrected chi connectivity index (χ3v) is 10.1. The number of anilines is 2. The molecule has 2 heterocycles. The molecule has 0 saturated heterocycles. The fraction of sp³-hybridized carbons (Fsp3) is 0.0889. The van der Waals surface area contributed by atoms with Crippen LogP contribution in [0.5, 0.6) is 5.75 Å². The zero-order valence-electron chi connectivity index (χ0n) is 31.6. The van der Waals surface area contributed by atoms with Gasteiger partial charge in [-0.25, -0.2) is 22.8 Å². The highest BCUT2D eigenvalue weighted by Crippen LogP contribution is 2.36. The molecule has 4 N–H and O–H groups in total. The maximum absolute atomic E-state index is 14.8. The van der Waals surface area contributed by atoms with E-state index < -0.39 is 46.9 Å². The molecular formula is C45H32ClF3N4O7. The van der Waals surface area contributed by atoms with E-state index >= 15 is 0 Å². The average molecular weight is 833 g/mol. The first kappa shape index (κ1) is 40.7. The van der Waals surface area contributed by atoms with Crippen LogP contribution in [0.1, 0.15) is 52.7 Å². The number of amides is 2. The average Bonchev–Trinajstić information content (AvgIpc) is 3.82. The predicted molar refractivity (Wildman–Crippen MR) is 220 cm³/mol. The molecule has 0 aliphatic carbocycles. The van der Waals surface area contributed by atoms with E-state index in [2.05, 4.69) is 15.7 Å². The van der Waals surface area contributed by atoms with Crippen molar-refractivity contribution in [2.24, 2.45) is 7.05 Å². The van der Waals surface area contributed by atoms with Crippen LogP contribution in [0.3, 0.4) is 0 Å². The molecule has 1 aromatic heterocycles.